The van der Waals surface area contributed by atoms with Crippen LogP contribution in [-0.4, -0.2) is 15.0 Å². The highest BCUT2D eigenvalue weighted by Gasteiger charge is 2.18. The second kappa shape index (κ2) is 5.12. The number of nitrogens with one attached hydrogen (secondary N) is 1. The van der Waals surface area contributed by atoms with Crippen molar-refractivity contribution in [1.82, 2.24) is 4.72 Å². The van der Waals surface area contributed by atoms with Gasteiger partial charge in [0, 0.05) is 6.54 Å². The molecular weight excluding hydrogens is 253 g/mol. The molecule has 3 nitrogen and oxygen atoms in total. The molecule has 90 valence electrons. The highest BCUT2D eigenvalue weighted by atomic mass is 35.5. The summed E-state index contributed by atoms with van der Waals surface area (Å²) in [5, 5.41) is 0.0117. The topological polar surface area (TPSA) is 46.2 Å². The summed E-state index contributed by atoms with van der Waals surface area (Å²) in [7, 11) is -3.73. The molecule has 0 fully saturated rings. The molecule has 0 aliphatic rings. The Morgan fingerprint density at radius 2 is 2.06 bits per heavy atom. The second-order valence-corrected chi connectivity index (χ2v) is 5.96. The minimum atomic E-state index is -3.73. The Labute approximate surface area is 99.7 Å². The fraction of sp³-hybridized carbons (Fsp3) is 0.400. The Morgan fingerprint density at radius 3 is 2.62 bits per heavy atom. The summed E-state index contributed by atoms with van der Waals surface area (Å²) in [4.78, 5) is -0.227. The van der Waals surface area contributed by atoms with Gasteiger partial charge in [-0.25, -0.2) is 17.5 Å². The van der Waals surface area contributed by atoms with Crippen LogP contribution in [0.2, 0.25) is 5.02 Å². The number of rotatable bonds is 4. The summed E-state index contributed by atoms with van der Waals surface area (Å²) in [6.45, 7) is 4.03. The first-order valence-corrected chi connectivity index (χ1v) is 6.64. The summed E-state index contributed by atoms with van der Waals surface area (Å²) in [6.07, 6.45) is 0. The third kappa shape index (κ3) is 3.43. The van der Waals surface area contributed by atoms with Crippen LogP contribution in [0.25, 0.3) is 0 Å². The van der Waals surface area contributed by atoms with Crippen molar-refractivity contribution >= 4 is 21.6 Å². The number of sulfonamides is 1. The zero-order chi connectivity index (χ0) is 12.3. The molecule has 0 saturated heterocycles. The average molecular weight is 266 g/mol. The van der Waals surface area contributed by atoms with Crippen LogP contribution in [0.1, 0.15) is 13.8 Å². The standard InChI is InChI=1S/C10H13ClFNO2S/c1-7(2)6-13-16(14,15)10-5-8(12)3-4-9(10)11/h3-5,7,13H,6H2,1-2H3. The summed E-state index contributed by atoms with van der Waals surface area (Å²) in [5.41, 5.74) is 0. The van der Waals surface area contributed by atoms with Crippen molar-refractivity contribution < 1.29 is 12.8 Å². The van der Waals surface area contributed by atoms with Crippen molar-refractivity contribution in [2.45, 2.75) is 18.7 Å². The highest BCUT2D eigenvalue weighted by Crippen LogP contribution is 2.21. The lowest BCUT2D eigenvalue weighted by Crippen LogP contribution is -2.27. The molecule has 0 heterocycles. The molecular formula is C10H13ClFNO2S. The van der Waals surface area contributed by atoms with Gasteiger partial charge in [-0.3, -0.25) is 0 Å². The van der Waals surface area contributed by atoms with E-state index in [1.165, 1.54) is 6.07 Å². The van der Waals surface area contributed by atoms with E-state index < -0.39 is 15.8 Å². The van der Waals surface area contributed by atoms with Gasteiger partial charge in [-0.15, -0.1) is 0 Å². The first-order chi connectivity index (χ1) is 7.33. The lowest BCUT2D eigenvalue weighted by molar-refractivity contribution is 0.558. The van der Waals surface area contributed by atoms with Gasteiger partial charge >= 0.3 is 0 Å². The first kappa shape index (κ1) is 13.4. The van der Waals surface area contributed by atoms with Gasteiger partial charge in [0.2, 0.25) is 10.0 Å². The van der Waals surface area contributed by atoms with Crippen LogP contribution in [0.15, 0.2) is 23.1 Å². The van der Waals surface area contributed by atoms with Crippen molar-refractivity contribution in [3.8, 4) is 0 Å². The predicted molar refractivity (Wildman–Crippen MR) is 61.4 cm³/mol. The van der Waals surface area contributed by atoms with E-state index in [2.05, 4.69) is 4.72 Å². The minimum absolute atomic E-state index is 0.0117. The van der Waals surface area contributed by atoms with E-state index in [9.17, 15) is 12.8 Å². The quantitative estimate of drug-likeness (QED) is 0.909. The van der Waals surface area contributed by atoms with E-state index in [1.54, 1.807) is 0 Å². The molecule has 1 aromatic carbocycles. The SMILES string of the molecule is CC(C)CNS(=O)(=O)c1cc(F)ccc1Cl. The Bertz CT molecular complexity index is 474. The fourth-order valence-corrected chi connectivity index (χ4v) is 2.76. The molecule has 0 unspecified atom stereocenters. The normalized spacial score (nSPS) is 12.1. The van der Waals surface area contributed by atoms with Gasteiger partial charge in [0.25, 0.3) is 0 Å². The zero-order valence-corrected chi connectivity index (χ0v) is 10.6. The Hall–Kier alpha value is -0.650. The number of benzene rings is 1. The number of hydrogen-bond donors (Lipinski definition) is 1. The van der Waals surface area contributed by atoms with E-state index in [0.29, 0.717) is 0 Å². The van der Waals surface area contributed by atoms with E-state index in [1.807, 2.05) is 13.8 Å². The van der Waals surface area contributed by atoms with Crippen LogP contribution in [-0.2, 0) is 10.0 Å². The summed E-state index contributed by atoms with van der Waals surface area (Å²) in [6, 6.07) is 3.25. The van der Waals surface area contributed by atoms with Gasteiger partial charge in [-0.1, -0.05) is 25.4 Å². The molecule has 1 N–H and O–H groups in total. The molecule has 0 radical (unpaired) electrons. The van der Waals surface area contributed by atoms with Gasteiger partial charge in [0.05, 0.1) is 5.02 Å². The monoisotopic (exact) mass is 265 g/mol. The van der Waals surface area contributed by atoms with Gasteiger partial charge in [0.15, 0.2) is 0 Å². The third-order valence-corrected chi connectivity index (χ3v) is 3.77. The molecule has 0 amide bonds. The van der Waals surface area contributed by atoms with Crippen LogP contribution in [0, 0.1) is 11.7 Å². The minimum Gasteiger partial charge on any atom is -0.211 e. The van der Waals surface area contributed by atoms with E-state index >= 15 is 0 Å². The Kier molecular flexibility index (Phi) is 4.29. The van der Waals surface area contributed by atoms with Crippen molar-refractivity contribution in [2.75, 3.05) is 6.54 Å². The highest BCUT2D eigenvalue weighted by molar-refractivity contribution is 7.89. The summed E-state index contributed by atoms with van der Waals surface area (Å²) in [5.74, 6) is -0.462. The molecule has 16 heavy (non-hydrogen) atoms. The maximum atomic E-state index is 12.9. The molecule has 0 saturated carbocycles. The lowest BCUT2D eigenvalue weighted by Gasteiger charge is -2.09. The largest absolute Gasteiger partial charge is 0.242 e. The summed E-state index contributed by atoms with van der Waals surface area (Å²) < 4.78 is 38.8. The molecule has 0 bridgehead atoms. The first-order valence-electron chi connectivity index (χ1n) is 4.77. The van der Waals surface area contributed by atoms with Gasteiger partial charge < -0.3 is 0 Å². The molecule has 0 aliphatic heterocycles. The molecule has 0 aromatic heterocycles. The van der Waals surface area contributed by atoms with Crippen LogP contribution in [0.4, 0.5) is 4.39 Å². The van der Waals surface area contributed by atoms with Crippen LogP contribution in [0.5, 0.6) is 0 Å². The van der Waals surface area contributed by atoms with Crippen molar-refractivity contribution in [3.63, 3.8) is 0 Å². The molecule has 1 aromatic rings. The predicted octanol–water partition coefficient (Wildman–Crippen LogP) is 2.41. The lowest BCUT2D eigenvalue weighted by atomic mass is 10.2. The van der Waals surface area contributed by atoms with Crippen LogP contribution < -0.4 is 4.72 Å². The van der Waals surface area contributed by atoms with Crippen molar-refractivity contribution in [1.29, 1.82) is 0 Å². The summed E-state index contributed by atoms with van der Waals surface area (Å²) >= 11 is 5.71. The van der Waals surface area contributed by atoms with Gasteiger partial charge in [0.1, 0.15) is 10.7 Å². The smallest absolute Gasteiger partial charge is 0.211 e. The number of hydrogen-bond acceptors (Lipinski definition) is 2. The second-order valence-electron chi connectivity index (χ2n) is 3.82. The maximum Gasteiger partial charge on any atom is 0.242 e. The maximum absolute atomic E-state index is 12.9. The van der Waals surface area contributed by atoms with Crippen molar-refractivity contribution in [3.05, 3.63) is 29.0 Å². The average Bonchev–Trinajstić information content (AvgIpc) is 2.19. The Morgan fingerprint density at radius 1 is 1.44 bits per heavy atom. The van der Waals surface area contributed by atoms with E-state index in [4.69, 9.17) is 11.6 Å². The van der Waals surface area contributed by atoms with E-state index in [0.717, 1.165) is 12.1 Å². The third-order valence-electron chi connectivity index (χ3n) is 1.86. The van der Waals surface area contributed by atoms with E-state index in [-0.39, 0.29) is 22.4 Å². The molecule has 6 heteroatoms. The fourth-order valence-electron chi connectivity index (χ4n) is 1.04. The van der Waals surface area contributed by atoms with Crippen molar-refractivity contribution in [2.24, 2.45) is 5.92 Å². The Balaban J connectivity index is 3.02. The van der Waals surface area contributed by atoms with Crippen LogP contribution in [0.3, 0.4) is 0 Å². The number of halogens is 2. The molecule has 0 aliphatic carbocycles. The van der Waals surface area contributed by atoms with Gasteiger partial charge in [-0.05, 0) is 24.1 Å². The van der Waals surface area contributed by atoms with Gasteiger partial charge in [-0.2, -0.15) is 0 Å². The molecule has 0 spiro atoms. The zero-order valence-electron chi connectivity index (χ0n) is 9.00. The van der Waals surface area contributed by atoms with Crippen LogP contribution >= 0.6 is 11.6 Å². The molecule has 0 atom stereocenters. The molecule has 1 rings (SSSR count).